The molecule has 3 nitrogen and oxygen atoms in total. The molecule has 0 aliphatic carbocycles. The minimum Gasteiger partial charge on any atom is -0.370 e. The molecule has 1 aliphatic rings. The van der Waals surface area contributed by atoms with Gasteiger partial charge in [0.2, 0.25) is 5.91 Å². The van der Waals surface area contributed by atoms with Gasteiger partial charge >= 0.3 is 0 Å². The van der Waals surface area contributed by atoms with Gasteiger partial charge in [-0.15, -0.1) is 0 Å². The molecule has 0 saturated carbocycles. The van der Waals surface area contributed by atoms with Gasteiger partial charge in [-0.1, -0.05) is 20.4 Å². The molecule has 2 N–H and O–H groups in total. The van der Waals surface area contributed by atoms with Gasteiger partial charge in [-0.2, -0.15) is 0 Å². The number of nitrogens with two attached hydrogens (primary N) is 1. The summed E-state index contributed by atoms with van der Waals surface area (Å²) in [6.07, 6.45) is 1.20. The molecular formula is C11H18N2O. The first-order chi connectivity index (χ1) is 6.35. The first-order valence-electron chi connectivity index (χ1n) is 4.88. The van der Waals surface area contributed by atoms with Gasteiger partial charge in [0, 0.05) is 29.2 Å². The lowest BCUT2D eigenvalue weighted by Gasteiger charge is -2.27. The average Bonchev–Trinajstić information content (AvgIpc) is 2.20. The summed E-state index contributed by atoms with van der Waals surface area (Å²) < 4.78 is 0. The molecule has 0 radical (unpaired) electrons. The Morgan fingerprint density at radius 2 is 2.21 bits per heavy atom. The van der Waals surface area contributed by atoms with E-state index in [-0.39, 0.29) is 11.3 Å². The van der Waals surface area contributed by atoms with Crippen molar-refractivity contribution in [1.29, 1.82) is 0 Å². The smallest absolute Gasteiger partial charge is 0.217 e. The fourth-order valence-corrected chi connectivity index (χ4v) is 2.01. The van der Waals surface area contributed by atoms with Gasteiger partial charge in [-0.25, -0.2) is 0 Å². The molecule has 78 valence electrons. The number of nitrogens with zero attached hydrogens (tertiary/aromatic N) is 1. The Labute approximate surface area is 85.1 Å². The highest BCUT2D eigenvalue weighted by atomic mass is 16.1. The Kier molecular flexibility index (Phi) is 2.79. The second kappa shape index (κ2) is 3.56. The van der Waals surface area contributed by atoms with Crippen molar-refractivity contribution >= 4 is 11.6 Å². The van der Waals surface area contributed by atoms with E-state index < -0.39 is 0 Å². The molecule has 14 heavy (non-hydrogen) atoms. The van der Waals surface area contributed by atoms with E-state index in [0.29, 0.717) is 12.3 Å². The Morgan fingerprint density at radius 1 is 1.64 bits per heavy atom. The summed E-state index contributed by atoms with van der Waals surface area (Å²) in [5.41, 5.74) is 7.09. The maximum atomic E-state index is 10.7. The highest BCUT2D eigenvalue weighted by Gasteiger charge is 2.38. The van der Waals surface area contributed by atoms with Gasteiger partial charge < -0.3 is 5.73 Å². The molecule has 0 aromatic rings. The first kappa shape index (κ1) is 11.0. The molecule has 0 aromatic heterocycles. The molecular weight excluding hydrogens is 176 g/mol. The van der Waals surface area contributed by atoms with E-state index >= 15 is 0 Å². The highest BCUT2D eigenvalue weighted by molar-refractivity contribution is 5.89. The van der Waals surface area contributed by atoms with Crippen LogP contribution < -0.4 is 5.73 Å². The summed E-state index contributed by atoms with van der Waals surface area (Å²) in [4.78, 5) is 15.1. The Bertz CT molecular complexity index is 302. The monoisotopic (exact) mass is 194 g/mol. The molecule has 1 aliphatic heterocycles. The third-order valence-electron chi connectivity index (χ3n) is 3.11. The van der Waals surface area contributed by atoms with Gasteiger partial charge in [0.25, 0.3) is 0 Å². The van der Waals surface area contributed by atoms with Crippen LogP contribution in [0.25, 0.3) is 0 Å². The van der Waals surface area contributed by atoms with Crippen LogP contribution in [0.4, 0.5) is 0 Å². The number of allylic oxidation sites excluding steroid dienone is 1. The van der Waals surface area contributed by atoms with E-state index in [2.05, 4.69) is 25.4 Å². The van der Waals surface area contributed by atoms with Gasteiger partial charge in [-0.05, 0) is 13.3 Å². The van der Waals surface area contributed by atoms with Gasteiger partial charge in [-0.3, -0.25) is 9.79 Å². The molecule has 0 saturated heterocycles. The normalized spacial score (nSPS) is 24.9. The molecule has 0 aromatic carbocycles. The van der Waals surface area contributed by atoms with Crippen molar-refractivity contribution in [1.82, 2.24) is 0 Å². The summed E-state index contributed by atoms with van der Waals surface area (Å²) in [6, 6.07) is 0. The van der Waals surface area contributed by atoms with Crippen molar-refractivity contribution in [3.05, 3.63) is 12.3 Å². The number of primary amides is 1. The van der Waals surface area contributed by atoms with E-state index in [4.69, 9.17) is 5.73 Å². The molecule has 0 unspecified atom stereocenters. The Hall–Kier alpha value is -1.12. The average molecular weight is 194 g/mol. The van der Waals surface area contributed by atoms with E-state index in [9.17, 15) is 4.79 Å². The molecule has 1 amide bonds. The molecule has 0 bridgehead atoms. The van der Waals surface area contributed by atoms with Crippen molar-refractivity contribution < 1.29 is 4.79 Å². The maximum Gasteiger partial charge on any atom is 0.217 e. The van der Waals surface area contributed by atoms with Gasteiger partial charge in [0.05, 0.1) is 0 Å². The van der Waals surface area contributed by atoms with Crippen LogP contribution in [0.1, 0.15) is 33.6 Å². The topological polar surface area (TPSA) is 55.4 Å². The second-order valence-electron chi connectivity index (χ2n) is 4.48. The summed E-state index contributed by atoms with van der Waals surface area (Å²) in [6.45, 7) is 10.1. The molecule has 1 heterocycles. The maximum absolute atomic E-state index is 10.7. The quantitative estimate of drug-likeness (QED) is 0.732. The number of aliphatic imine (C=N–C) groups is 1. The van der Waals surface area contributed by atoms with Crippen LogP contribution >= 0.6 is 0 Å². The lowest BCUT2D eigenvalue weighted by atomic mass is 9.75. The number of carbonyl (C=O) groups excluding carboxylic acids is 1. The van der Waals surface area contributed by atoms with Crippen molar-refractivity contribution in [2.24, 2.45) is 22.1 Å². The lowest BCUT2D eigenvalue weighted by Crippen LogP contribution is -2.26. The van der Waals surface area contributed by atoms with Crippen LogP contribution in [-0.4, -0.2) is 11.6 Å². The molecule has 0 spiro atoms. The standard InChI is InChI=1S/C11H18N2O/c1-7-9(5-6-10(12)14)11(3,4)8(2)13-7/h9H,2,5-6H2,1,3-4H3,(H2,12,14)/t9-/m0/s1. The summed E-state index contributed by atoms with van der Waals surface area (Å²) in [5, 5.41) is 0. The predicted molar refractivity (Wildman–Crippen MR) is 57.9 cm³/mol. The number of amides is 1. The van der Waals surface area contributed by atoms with Gasteiger partial charge in [0.1, 0.15) is 0 Å². The zero-order valence-corrected chi connectivity index (χ0v) is 9.13. The van der Waals surface area contributed by atoms with Gasteiger partial charge in [0.15, 0.2) is 0 Å². The minimum absolute atomic E-state index is 0.0282. The SMILES string of the molecule is C=C1N=C(C)[C@H](CCC(N)=O)C1(C)C. The zero-order chi connectivity index (χ0) is 10.9. The number of hydrogen-bond acceptors (Lipinski definition) is 2. The summed E-state index contributed by atoms with van der Waals surface area (Å²) >= 11 is 0. The molecule has 3 heteroatoms. The number of rotatable bonds is 3. The third kappa shape index (κ3) is 1.86. The summed E-state index contributed by atoms with van der Waals surface area (Å²) in [5.74, 6) is 0.0635. The fourth-order valence-electron chi connectivity index (χ4n) is 2.01. The highest BCUT2D eigenvalue weighted by Crippen LogP contribution is 2.43. The molecule has 0 fully saturated rings. The van der Waals surface area contributed by atoms with Crippen LogP contribution in [0.3, 0.4) is 0 Å². The Balaban J connectivity index is 2.73. The van der Waals surface area contributed by atoms with Crippen LogP contribution in [-0.2, 0) is 4.79 Å². The van der Waals surface area contributed by atoms with Crippen LogP contribution in [0, 0.1) is 11.3 Å². The van der Waals surface area contributed by atoms with E-state index in [1.165, 1.54) is 0 Å². The van der Waals surface area contributed by atoms with Crippen molar-refractivity contribution in [3.8, 4) is 0 Å². The van der Waals surface area contributed by atoms with Crippen LogP contribution in [0.2, 0.25) is 0 Å². The largest absolute Gasteiger partial charge is 0.370 e. The second-order valence-corrected chi connectivity index (χ2v) is 4.48. The number of carbonyl (C=O) groups is 1. The minimum atomic E-state index is -0.244. The Morgan fingerprint density at radius 3 is 2.57 bits per heavy atom. The van der Waals surface area contributed by atoms with Crippen molar-refractivity contribution in [2.45, 2.75) is 33.6 Å². The van der Waals surface area contributed by atoms with Crippen molar-refractivity contribution in [3.63, 3.8) is 0 Å². The predicted octanol–water partition coefficient (Wildman–Crippen LogP) is 1.88. The van der Waals surface area contributed by atoms with Crippen LogP contribution in [0.5, 0.6) is 0 Å². The number of hydrogen-bond donors (Lipinski definition) is 1. The molecule has 1 atom stereocenters. The lowest BCUT2D eigenvalue weighted by molar-refractivity contribution is -0.118. The van der Waals surface area contributed by atoms with E-state index in [1.54, 1.807) is 0 Å². The van der Waals surface area contributed by atoms with E-state index in [1.807, 2.05) is 6.92 Å². The molecule has 1 rings (SSSR count). The van der Waals surface area contributed by atoms with Crippen LogP contribution in [0.15, 0.2) is 17.3 Å². The summed E-state index contributed by atoms with van der Waals surface area (Å²) in [7, 11) is 0. The zero-order valence-electron chi connectivity index (χ0n) is 9.13. The third-order valence-corrected chi connectivity index (χ3v) is 3.11. The van der Waals surface area contributed by atoms with Crippen molar-refractivity contribution in [2.75, 3.05) is 0 Å². The van der Waals surface area contributed by atoms with E-state index in [0.717, 1.165) is 17.8 Å². The fraction of sp³-hybridized carbons (Fsp3) is 0.636. The first-order valence-corrected chi connectivity index (χ1v) is 4.88.